The van der Waals surface area contributed by atoms with E-state index >= 15 is 0 Å². The van der Waals surface area contributed by atoms with Crippen molar-refractivity contribution in [1.82, 2.24) is 5.32 Å². The van der Waals surface area contributed by atoms with Gasteiger partial charge in [-0.05, 0) is 43.4 Å². The van der Waals surface area contributed by atoms with Crippen LogP contribution in [0, 0.1) is 0 Å². The minimum absolute atomic E-state index is 0.135. The number of ether oxygens (including phenoxy) is 2. The van der Waals surface area contributed by atoms with Crippen molar-refractivity contribution in [2.24, 2.45) is 0 Å². The average Bonchev–Trinajstić information content (AvgIpc) is 2.49. The van der Waals surface area contributed by atoms with Crippen LogP contribution in [0.4, 0.5) is 0 Å². The molecular formula is C16H25NO3. The van der Waals surface area contributed by atoms with E-state index in [9.17, 15) is 4.79 Å². The van der Waals surface area contributed by atoms with Crippen LogP contribution in [0.1, 0.15) is 31.2 Å². The Kier molecular flexibility index (Phi) is 8.47. The second-order valence-corrected chi connectivity index (χ2v) is 4.75. The summed E-state index contributed by atoms with van der Waals surface area (Å²) in [6.07, 6.45) is 4.41. The van der Waals surface area contributed by atoms with Gasteiger partial charge in [-0.2, -0.15) is 0 Å². The number of unbranched alkanes of at least 4 members (excludes halogenated alkanes) is 1. The van der Waals surface area contributed by atoms with E-state index in [4.69, 9.17) is 9.47 Å². The number of hydrogen-bond donors (Lipinski definition) is 1. The lowest BCUT2D eigenvalue weighted by atomic mass is 10.1. The normalized spacial score (nSPS) is 10.3. The molecule has 0 aromatic heterocycles. The van der Waals surface area contributed by atoms with Crippen LogP contribution in [0.25, 0.3) is 0 Å². The number of hydrogen-bond acceptors (Lipinski definition) is 3. The lowest BCUT2D eigenvalue weighted by molar-refractivity contribution is -0.121. The highest BCUT2D eigenvalue weighted by Crippen LogP contribution is 2.13. The van der Waals surface area contributed by atoms with Gasteiger partial charge in [0.25, 0.3) is 0 Å². The van der Waals surface area contributed by atoms with Gasteiger partial charge in [0, 0.05) is 26.7 Å². The van der Waals surface area contributed by atoms with Gasteiger partial charge < -0.3 is 14.8 Å². The monoisotopic (exact) mass is 279 g/mol. The topological polar surface area (TPSA) is 47.6 Å². The Hall–Kier alpha value is -1.55. The largest absolute Gasteiger partial charge is 0.497 e. The Labute approximate surface area is 121 Å². The molecule has 0 heterocycles. The van der Waals surface area contributed by atoms with Crippen molar-refractivity contribution in [3.05, 3.63) is 29.8 Å². The maximum absolute atomic E-state index is 11.5. The van der Waals surface area contributed by atoms with Crippen LogP contribution in [0.15, 0.2) is 24.3 Å². The number of carbonyl (C=O) groups excluding carboxylic acids is 1. The zero-order valence-electron chi connectivity index (χ0n) is 12.5. The van der Waals surface area contributed by atoms with E-state index < -0.39 is 0 Å². The van der Waals surface area contributed by atoms with Gasteiger partial charge in [0.2, 0.25) is 5.91 Å². The van der Waals surface area contributed by atoms with Crippen molar-refractivity contribution in [2.45, 2.75) is 32.1 Å². The van der Waals surface area contributed by atoms with Crippen LogP contribution in [0.3, 0.4) is 0 Å². The highest BCUT2D eigenvalue weighted by molar-refractivity contribution is 5.75. The molecular weight excluding hydrogens is 254 g/mol. The maximum Gasteiger partial charge on any atom is 0.219 e. The zero-order chi connectivity index (χ0) is 14.6. The molecule has 4 nitrogen and oxygen atoms in total. The summed E-state index contributed by atoms with van der Waals surface area (Å²) in [5.41, 5.74) is 1.28. The molecule has 0 radical (unpaired) electrons. The van der Waals surface area contributed by atoms with Crippen molar-refractivity contribution >= 4 is 5.91 Å². The van der Waals surface area contributed by atoms with Gasteiger partial charge in [-0.25, -0.2) is 0 Å². The molecule has 0 saturated carbocycles. The first-order chi connectivity index (χ1) is 9.76. The number of benzene rings is 1. The number of methoxy groups -OCH3 is 2. The Morgan fingerprint density at radius 2 is 1.85 bits per heavy atom. The molecule has 0 aliphatic heterocycles. The van der Waals surface area contributed by atoms with Gasteiger partial charge in [-0.1, -0.05) is 12.1 Å². The highest BCUT2D eigenvalue weighted by atomic mass is 16.5. The zero-order valence-corrected chi connectivity index (χ0v) is 12.5. The van der Waals surface area contributed by atoms with E-state index in [1.54, 1.807) is 14.2 Å². The van der Waals surface area contributed by atoms with E-state index in [0.717, 1.165) is 31.4 Å². The SMILES string of the molecule is COCCCNC(=O)CCCCc1ccc(OC)cc1. The minimum Gasteiger partial charge on any atom is -0.497 e. The molecule has 0 aliphatic rings. The third kappa shape index (κ3) is 7.14. The molecule has 4 heteroatoms. The Balaban J connectivity index is 2.07. The van der Waals surface area contributed by atoms with Gasteiger partial charge >= 0.3 is 0 Å². The van der Waals surface area contributed by atoms with Crippen molar-refractivity contribution in [3.63, 3.8) is 0 Å². The van der Waals surface area contributed by atoms with Crippen LogP contribution in [-0.2, 0) is 16.0 Å². The number of nitrogens with one attached hydrogen (secondary N) is 1. The van der Waals surface area contributed by atoms with E-state index in [1.165, 1.54) is 5.56 Å². The molecule has 0 saturated heterocycles. The molecule has 1 rings (SSSR count). The fourth-order valence-electron chi connectivity index (χ4n) is 1.94. The van der Waals surface area contributed by atoms with E-state index in [2.05, 4.69) is 17.4 Å². The summed E-state index contributed by atoms with van der Waals surface area (Å²) in [7, 11) is 3.33. The molecule has 20 heavy (non-hydrogen) atoms. The molecule has 1 N–H and O–H groups in total. The summed E-state index contributed by atoms with van der Waals surface area (Å²) in [5, 5.41) is 2.90. The summed E-state index contributed by atoms with van der Waals surface area (Å²) in [4.78, 5) is 11.5. The standard InChI is InChI=1S/C16H25NO3/c1-19-13-5-12-17-16(18)7-4-3-6-14-8-10-15(20-2)11-9-14/h8-11H,3-7,12-13H2,1-2H3,(H,17,18). The molecule has 0 fully saturated rings. The predicted molar refractivity (Wildman–Crippen MR) is 80.1 cm³/mol. The minimum atomic E-state index is 0.135. The molecule has 0 unspecified atom stereocenters. The Morgan fingerprint density at radius 3 is 2.50 bits per heavy atom. The van der Waals surface area contributed by atoms with Crippen molar-refractivity contribution in [3.8, 4) is 5.75 Å². The number of aryl methyl sites for hydroxylation is 1. The summed E-state index contributed by atoms with van der Waals surface area (Å²) < 4.78 is 10.0. The molecule has 0 atom stereocenters. The quantitative estimate of drug-likeness (QED) is 0.670. The summed E-state index contributed by atoms with van der Waals surface area (Å²) in [5.74, 6) is 1.01. The Bertz CT molecular complexity index is 376. The van der Waals surface area contributed by atoms with Crippen LogP contribution >= 0.6 is 0 Å². The fourth-order valence-corrected chi connectivity index (χ4v) is 1.94. The first-order valence-corrected chi connectivity index (χ1v) is 7.15. The summed E-state index contributed by atoms with van der Waals surface area (Å²) >= 11 is 0. The predicted octanol–water partition coefficient (Wildman–Crippen LogP) is 2.56. The van der Waals surface area contributed by atoms with Crippen LogP contribution in [0.5, 0.6) is 5.75 Å². The number of amides is 1. The van der Waals surface area contributed by atoms with E-state index in [0.29, 0.717) is 19.6 Å². The lowest BCUT2D eigenvalue weighted by Crippen LogP contribution is -2.24. The third-order valence-electron chi connectivity index (χ3n) is 3.13. The van der Waals surface area contributed by atoms with Crippen LogP contribution in [0.2, 0.25) is 0 Å². The molecule has 1 amide bonds. The maximum atomic E-state index is 11.5. The lowest BCUT2D eigenvalue weighted by Gasteiger charge is -2.05. The van der Waals surface area contributed by atoms with E-state index in [-0.39, 0.29) is 5.91 Å². The van der Waals surface area contributed by atoms with Gasteiger partial charge in [-0.15, -0.1) is 0 Å². The fraction of sp³-hybridized carbons (Fsp3) is 0.562. The first-order valence-electron chi connectivity index (χ1n) is 7.15. The molecule has 0 aliphatic carbocycles. The van der Waals surface area contributed by atoms with E-state index in [1.807, 2.05) is 12.1 Å². The molecule has 112 valence electrons. The molecule has 1 aromatic rings. The van der Waals surface area contributed by atoms with Crippen molar-refractivity contribution < 1.29 is 14.3 Å². The average molecular weight is 279 g/mol. The molecule has 0 spiro atoms. The van der Waals surface area contributed by atoms with Crippen LogP contribution in [-0.4, -0.2) is 33.3 Å². The van der Waals surface area contributed by atoms with Crippen LogP contribution < -0.4 is 10.1 Å². The number of rotatable bonds is 10. The Morgan fingerprint density at radius 1 is 1.10 bits per heavy atom. The smallest absolute Gasteiger partial charge is 0.219 e. The van der Waals surface area contributed by atoms with Gasteiger partial charge in [0.05, 0.1) is 7.11 Å². The number of carbonyl (C=O) groups is 1. The first kappa shape index (κ1) is 16.5. The second kappa shape index (κ2) is 10.3. The molecule has 0 bridgehead atoms. The second-order valence-electron chi connectivity index (χ2n) is 4.75. The summed E-state index contributed by atoms with van der Waals surface area (Å²) in [6, 6.07) is 8.09. The van der Waals surface area contributed by atoms with Gasteiger partial charge in [0.1, 0.15) is 5.75 Å². The summed E-state index contributed by atoms with van der Waals surface area (Å²) in [6.45, 7) is 1.39. The van der Waals surface area contributed by atoms with Crippen molar-refractivity contribution in [1.29, 1.82) is 0 Å². The third-order valence-corrected chi connectivity index (χ3v) is 3.13. The van der Waals surface area contributed by atoms with Gasteiger partial charge in [0.15, 0.2) is 0 Å². The highest BCUT2D eigenvalue weighted by Gasteiger charge is 2.01. The van der Waals surface area contributed by atoms with Gasteiger partial charge in [-0.3, -0.25) is 4.79 Å². The van der Waals surface area contributed by atoms with Crippen molar-refractivity contribution in [2.75, 3.05) is 27.4 Å². The molecule has 1 aromatic carbocycles.